The molecular weight excluding hydrogens is 298 g/mol. The minimum absolute atomic E-state index is 0.0136. The maximum absolute atomic E-state index is 13.1. The highest BCUT2D eigenvalue weighted by Gasteiger charge is 2.36. The number of rotatable bonds is 3. The number of hydrogen-bond donors (Lipinski definition) is 1. The summed E-state index contributed by atoms with van der Waals surface area (Å²) in [5, 5.41) is 6.10. The molecule has 2 rings (SSSR count). The van der Waals surface area contributed by atoms with Crippen LogP contribution in [0.4, 0.5) is 19.4 Å². The summed E-state index contributed by atoms with van der Waals surface area (Å²) in [6.07, 6.45) is -0.700. The molecule has 0 spiro atoms. The number of hydrogen-bond acceptors (Lipinski definition) is 4. The molecule has 1 aliphatic rings. The van der Waals surface area contributed by atoms with E-state index in [1.807, 2.05) is 0 Å². The Kier molecular flexibility index (Phi) is 4.62. The SMILES string of the molecule is Cc1cc(NC(=O)CN(C)C(=O)N2CCC(F)(F)CC2)no1. The van der Waals surface area contributed by atoms with E-state index in [0.29, 0.717) is 5.76 Å². The lowest BCUT2D eigenvalue weighted by atomic mass is 10.1. The van der Waals surface area contributed by atoms with Crippen molar-refractivity contribution in [1.82, 2.24) is 15.0 Å². The molecule has 1 aromatic heterocycles. The molecule has 1 N–H and O–H groups in total. The number of piperidine rings is 1. The number of likely N-dealkylation sites (N-methyl/N-ethyl adjacent to an activating group) is 1. The van der Waals surface area contributed by atoms with E-state index in [9.17, 15) is 18.4 Å². The Balaban J connectivity index is 1.82. The van der Waals surface area contributed by atoms with E-state index in [2.05, 4.69) is 10.5 Å². The first-order chi connectivity index (χ1) is 10.3. The van der Waals surface area contributed by atoms with Gasteiger partial charge in [-0.3, -0.25) is 4.79 Å². The van der Waals surface area contributed by atoms with Crippen molar-refractivity contribution in [2.45, 2.75) is 25.7 Å². The van der Waals surface area contributed by atoms with Crippen molar-refractivity contribution in [1.29, 1.82) is 0 Å². The van der Waals surface area contributed by atoms with Gasteiger partial charge in [0.15, 0.2) is 5.82 Å². The van der Waals surface area contributed by atoms with Gasteiger partial charge >= 0.3 is 6.03 Å². The molecule has 2 heterocycles. The number of halogens is 2. The van der Waals surface area contributed by atoms with E-state index in [4.69, 9.17) is 4.52 Å². The van der Waals surface area contributed by atoms with Crippen molar-refractivity contribution >= 4 is 17.8 Å². The lowest BCUT2D eigenvalue weighted by molar-refractivity contribution is -0.116. The third-order valence-corrected chi connectivity index (χ3v) is 3.37. The fourth-order valence-corrected chi connectivity index (χ4v) is 2.16. The van der Waals surface area contributed by atoms with Crippen LogP contribution in [0.15, 0.2) is 10.6 Å². The number of carbonyl (C=O) groups excluding carboxylic acids is 2. The summed E-state index contributed by atoms with van der Waals surface area (Å²) in [6.45, 7) is 1.46. The van der Waals surface area contributed by atoms with Crippen LogP contribution in [0.1, 0.15) is 18.6 Å². The number of aryl methyl sites for hydroxylation is 1. The van der Waals surface area contributed by atoms with Gasteiger partial charge in [0.1, 0.15) is 12.3 Å². The van der Waals surface area contributed by atoms with Crippen LogP contribution in [-0.2, 0) is 4.79 Å². The third kappa shape index (κ3) is 4.15. The van der Waals surface area contributed by atoms with Gasteiger partial charge in [-0.2, -0.15) is 0 Å². The summed E-state index contributed by atoms with van der Waals surface area (Å²) in [7, 11) is 1.45. The molecule has 3 amide bonds. The van der Waals surface area contributed by atoms with E-state index >= 15 is 0 Å². The smallest absolute Gasteiger partial charge is 0.320 e. The zero-order valence-electron chi connectivity index (χ0n) is 12.4. The molecule has 0 aliphatic carbocycles. The molecule has 7 nitrogen and oxygen atoms in total. The second-order valence-corrected chi connectivity index (χ2v) is 5.35. The molecule has 0 aromatic carbocycles. The summed E-state index contributed by atoms with van der Waals surface area (Å²) in [6, 6.07) is 1.11. The first kappa shape index (κ1) is 16.2. The fraction of sp³-hybridized carbons (Fsp3) is 0.615. The average molecular weight is 316 g/mol. The molecule has 0 atom stereocenters. The molecular formula is C13H18F2N4O3. The maximum atomic E-state index is 13.1. The first-order valence-electron chi connectivity index (χ1n) is 6.88. The van der Waals surface area contributed by atoms with Gasteiger partial charge in [0.2, 0.25) is 5.91 Å². The Morgan fingerprint density at radius 3 is 2.64 bits per heavy atom. The normalized spacial score (nSPS) is 17.2. The highest BCUT2D eigenvalue weighted by atomic mass is 19.3. The predicted octanol–water partition coefficient (Wildman–Crippen LogP) is 1.70. The van der Waals surface area contributed by atoms with Crippen molar-refractivity contribution in [3.8, 4) is 0 Å². The van der Waals surface area contributed by atoms with E-state index in [1.165, 1.54) is 16.8 Å². The van der Waals surface area contributed by atoms with Crippen LogP contribution in [0, 0.1) is 6.92 Å². The van der Waals surface area contributed by atoms with Gasteiger partial charge < -0.3 is 19.6 Å². The molecule has 0 bridgehead atoms. The lowest BCUT2D eigenvalue weighted by Crippen LogP contribution is -2.49. The zero-order chi connectivity index (χ0) is 16.3. The average Bonchev–Trinajstić information content (AvgIpc) is 2.83. The van der Waals surface area contributed by atoms with Crippen molar-refractivity contribution < 1.29 is 22.9 Å². The Bertz CT molecular complexity index is 551. The van der Waals surface area contributed by atoms with Gasteiger partial charge in [-0.1, -0.05) is 5.16 Å². The number of nitrogens with one attached hydrogen (secondary N) is 1. The summed E-state index contributed by atoms with van der Waals surface area (Å²) < 4.78 is 30.9. The van der Waals surface area contributed by atoms with Crippen LogP contribution >= 0.6 is 0 Å². The molecule has 1 saturated heterocycles. The maximum Gasteiger partial charge on any atom is 0.320 e. The van der Waals surface area contributed by atoms with Crippen LogP contribution in [-0.4, -0.2) is 59.5 Å². The van der Waals surface area contributed by atoms with Gasteiger partial charge in [0.25, 0.3) is 5.92 Å². The van der Waals surface area contributed by atoms with Crippen molar-refractivity contribution in [3.63, 3.8) is 0 Å². The Labute approximate surface area is 126 Å². The van der Waals surface area contributed by atoms with Gasteiger partial charge in [-0.05, 0) is 6.92 Å². The van der Waals surface area contributed by atoms with Crippen LogP contribution < -0.4 is 5.32 Å². The summed E-state index contributed by atoms with van der Waals surface area (Å²) in [5.41, 5.74) is 0. The van der Waals surface area contributed by atoms with E-state index in [-0.39, 0.29) is 38.3 Å². The van der Waals surface area contributed by atoms with Gasteiger partial charge in [-0.15, -0.1) is 0 Å². The highest BCUT2D eigenvalue weighted by Crippen LogP contribution is 2.27. The second-order valence-electron chi connectivity index (χ2n) is 5.35. The molecule has 122 valence electrons. The lowest BCUT2D eigenvalue weighted by Gasteiger charge is -2.34. The second kappa shape index (κ2) is 6.29. The molecule has 1 fully saturated rings. The number of urea groups is 1. The van der Waals surface area contributed by atoms with Crippen molar-refractivity contribution in [2.24, 2.45) is 0 Å². The first-order valence-corrected chi connectivity index (χ1v) is 6.88. The number of nitrogens with zero attached hydrogens (tertiary/aromatic N) is 3. The number of amides is 3. The molecule has 0 unspecified atom stereocenters. The van der Waals surface area contributed by atoms with Crippen molar-refractivity contribution in [3.05, 3.63) is 11.8 Å². The Morgan fingerprint density at radius 1 is 1.45 bits per heavy atom. The number of alkyl halides is 2. The monoisotopic (exact) mass is 316 g/mol. The van der Waals surface area contributed by atoms with E-state index in [1.54, 1.807) is 13.0 Å². The largest absolute Gasteiger partial charge is 0.360 e. The predicted molar refractivity (Wildman–Crippen MR) is 73.6 cm³/mol. The number of aromatic nitrogens is 1. The van der Waals surface area contributed by atoms with E-state index < -0.39 is 17.9 Å². The van der Waals surface area contributed by atoms with Crippen LogP contribution in [0.5, 0.6) is 0 Å². The van der Waals surface area contributed by atoms with Gasteiger partial charge in [0, 0.05) is 39.0 Å². The molecule has 1 aromatic rings. The summed E-state index contributed by atoms with van der Waals surface area (Å²) in [5.74, 6) is -2.33. The van der Waals surface area contributed by atoms with Gasteiger partial charge in [0.05, 0.1) is 0 Å². The van der Waals surface area contributed by atoms with Crippen LogP contribution in [0.25, 0.3) is 0 Å². The minimum Gasteiger partial charge on any atom is -0.360 e. The van der Waals surface area contributed by atoms with Crippen LogP contribution in [0.2, 0.25) is 0 Å². The summed E-state index contributed by atoms with van der Waals surface area (Å²) >= 11 is 0. The summed E-state index contributed by atoms with van der Waals surface area (Å²) in [4.78, 5) is 26.4. The highest BCUT2D eigenvalue weighted by molar-refractivity contribution is 5.93. The van der Waals surface area contributed by atoms with E-state index in [0.717, 1.165) is 0 Å². The molecule has 1 aliphatic heterocycles. The Morgan fingerprint density at radius 2 is 2.09 bits per heavy atom. The minimum atomic E-state index is -2.71. The number of carbonyl (C=O) groups is 2. The number of anilines is 1. The molecule has 0 radical (unpaired) electrons. The molecule has 9 heteroatoms. The topological polar surface area (TPSA) is 78.7 Å². The van der Waals surface area contributed by atoms with Crippen LogP contribution in [0.3, 0.4) is 0 Å². The zero-order valence-corrected chi connectivity index (χ0v) is 12.4. The standard InChI is InChI=1S/C13H18F2N4O3/c1-9-7-10(17-22-9)16-11(20)8-18(2)12(21)19-5-3-13(14,15)4-6-19/h7H,3-6,8H2,1-2H3,(H,16,17,20). The molecule has 22 heavy (non-hydrogen) atoms. The number of likely N-dealkylation sites (tertiary alicyclic amines) is 1. The fourth-order valence-electron chi connectivity index (χ4n) is 2.16. The van der Waals surface area contributed by atoms with Crippen molar-refractivity contribution in [2.75, 3.05) is 32.0 Å². The van der Waals surface area contributed by atoms with Gasteiger partial charge in [-0.25, -0.2) is 13.6 Å². The quantitative estimate of drug-likeness (QED) is 0.920. The molecule has 0 saturated carbocycles. The Hall–Kier alpha value is -2.19. The third-order valence-electron chi connectivity index (χ3n) is 3.37.